The average Bonchev–Trinajstić information content (AvgIpc) is 0.907. The number of unbranched alkanes of at least 4 members (excludes halogenated alkanes) is 22. The van der Waals surface area contributed by atoms with Crippen molar-refractivity contribution < 1.29 is 80.2 Å². The van der Waals surface area contributed by atoms with Crippen molar-refractivity contribution in [1.29, 1.82) is 0 Å². The molecular formula is C89H146O17P2. The molecular weight excluding hydrogens is 1400 g/mol. The minimum atomic E-state index is -5.01. The fourth-order valence-electron chi connectivity index (χ4n) is 10.3. The molecule has 2 unspecified atom stereocenters. The molecule has 614 valence electrons. The number of esters is 4. The van der Waals surface area contributed by atoms with Crippen LogP contribution in [0.2, 0.25) is 0 Å². The summed E-state index contributed by atoms with van der Waals surface area (Å²) in [6.07, 6.45) is 94.8. The molecule has 3 N–H and O–H groups in total. The Morgan fingerprint density at radius 2 is 0.491 bits per heavy atom. The number of carbonyl (C=O) groups is 4. The van der Waals surface area contributed by atoms with E-state index in [0.717, 1.165) is 141 Å². The molecule has 108 heavy (non-hydrogen) atoms. The molecule has 0 saturated heterocycles. The van der Waals surface area contributed by atoms with Gasteiger partial charge >= 0.3 is 39.5 Å². The summed E-state index contributed by atoms with van der Waals surface area (Å²) in [5.74, 6) is -2.36. The van der Waals surface area contributed by atoms with Crippen molar-refractivity contribution in [3.05, 3.63) is 170 Å². The van der Waals surface area contributed by atoms with Crippen LogP contribution in [0.15, 0.2) is 170 Å². The molecule has 0 aromatic rings. The molecule has 0 aromatic heterocycles. The zero-order valence-electron chi connectivity index (χ0n) is 67.2. The summed E-state index contributed by atoms with van der Waals surface area (Å²) >= 11 is 0. The number of phosphoric ester groups is 2. The van der Waals surface area contributed by atoms with E-state index in [-0.39, 0.29) is 25.7 Å². The smallest absolute Gasteiger partial charge is 0.462 e. The van der Waals surface area contributed by atoms with E-state index in [9.17, 15) is 43.2 Å². The maximum Gasteiger partial charge on any atom is 0.472 e. The second-order valence-corrected chi connectivity index (χ2v) is 29.9. The van der Waals surface area contributed by atoms with Gasteiger partial charge in [-0.3, -0.25) is 37.3 Å². The lowest BCUT2D eigenvalue weighted by atomic mass is 10.1. The molecule has 5 atom stereocenters. The van der Waals surface area contributed by atoms with Crippen LogP contribution in [0.4, 0.5) is 0 Å². The third kappa shape index (κ3) is 78.5. The number of ether oxygens (including phenoxy) is 4. The van der Waals surface area contributed by atoms with Crippen molar-refractivity contribution in [3.63, 3.8) is 0 Å². The highest BCUT2D eigenvalue weighted by Gasteiger charge is 2.30. The number of rotatable bonds is 76. The number of aliphatic hydroxyl groups excluding tert-OH is 1. The maximum absolute atomic E-state index is 13.1. The van der Waals surface area contributed by atoms with Gasteiger partial charge in [0, 0.05) is 25.7 Å². The molecule has 0 aromatic carbocycles. The first kappa shape index (κ1) is 102. The molecule has 0 saturated carbocycles. The van der Waals surface area contributed by atoms with Crippen LogP contribution >= 0.6 is 15.6 Å². The fourth-order valence-corrected chi connectivity index (χ4v) is 11.9. The molecule has 0 bridgehead atoms. The number of phosphoric acid groups is 2. The Kier molecular flexibility index (Phi) is 75.4. The Hall–Kier alpha value is -5.58. The minimum absolute atomic E-state index is 0.0365. The van der Waals surface area contributed by atoms with Crippen LogP contribution in [-0.2, 0) is 65.4 Å². The number of aliphatic hydroxyl groups is 1. The van der Waals surface area contributed by atoms with Gasteiger partial charge in [-0.2, -0.15) is 0 Å². The first-order valence-electron chi connectivity index (χ1n) is 41.4. The van der Waals surface area contributed by atoms with Crippen molar-refractivity contribution in [3.8, 4) is 0 Å². The summed E-state index contributed by atoms with van der Waals surface area (Å²) in [6.45, 7) is 4.53. The molecule has 17 nitrogen and oxygen atoms in total. The van der Waals surface area contributed by atoms with E-state index < -0.39 is 97.5 Å². The second kappa shape index (κ2) is 79.5. The Balaban J connectivity index is 5.53. The number of hydrogen-bond acceptors (Lipinski definition) is 15. The highest BCUT2D eigenvalue weighted by Crippen LogP contribution is 2.45. The fraction of sp³-hybridized carbons (Fsp3) is 0.640. The molecule has 0 aliphatic rings. The normalized spacial score (nSPS) is 14.7. The summed E-state index contributed by atoms with van der Waals surface area (Å²) in [7, 11) is -10.0. The molecule has 0 radical (unpaired) electrons. The molecule has 0 spiro atoms. The van der Waals surface area contributed by atoms with E-state index in [2.05, 4.69) is 174 Å². The molecule has 0 rings (SSSR count). The summed E-state index contributed by atoms with van der Waals surface area (Å²) in [5, 5.41) is 10.7. The Morgan fingerprint density at radius 3 is 0.806 bits per heavy atom. The van der Waals surface area contributed by atoms with Gasteiger partial charge < -0.3 is 33.8 Å². The predicted octanol–water partition coefficient (Wildman–Crippen LogP) is 24.6. The third-order valence-electron chi connectivity index (χ3n) is 16.6. The summed E-state index contributed by atoms with van der Waals surface area (Å²) < 4.78 is 68.6. The standard InChI is InChI=1S/C89H146O17P2/c1-5-9-13-17-21-25-29-33-37-40-41-44-48-52-56-60-64-68-72-76-89(94)106-85(80-100-87(92)74-70-66-62-58-54-50-47-43-39-35-31-27-23-19-15-11-7-3)82-104-108(97,98)102-78-83(90)77-101-107(95,96)103-81-84(105-88(93)75-71-67-63-59-55-51-45-36-32-28-24-20-16-12-8-4)79-99-86(91)73-69-65-61-57-53-49-46-42-38-34-30-26-22-18-14-10-6-2/h9,13,21-23,25-27,33-39,41,44-47,49-50,52,56-58,61-62,83-85,90H,5-8,10-12,14-20,24,28-32,40,42-43,48,51,53-55,59-60,63-82H2,1-4H3,(H,95,96)(H,97,98)/b13-9-,25-21-,26-22-,27-23-,37-33-,38-34-,39-35-,44-41-,45-36-,49-46-,50-47-,56-52-,61-57-,62-58-/t83-,84+,85+/m0/s1. The summed E-state index contributed by atoms with van der Waals surface area (Å²) in [4.78, 5) is 73.1. The van der Waals surface area contributed by atoms with Crippen molar-refractivity contribution >= 4 is 39.5 Å². The Labute approximate surface area is 654 Å². The predicted molar refractivity (Wildman–Crippen MR) is 445 cm³/mol. The van der Waals surface area contributed by atoms with Crippen LogP contribution in [-0.4, -0.2) is 96.7 Å². The number of hydrogen-bond donors (Lipinski definition) is 3. The molecule has 0 heterocycles. The maximum atomic E-state index is 13.1. The number of allylic oxidation sites excluding steroid dienone is 28. The van der Waals surface area contributed by atoms with Gasteiger partial charge in [0.2, 0.25) is 0 Å². The molecule has 19 heteroatoms. The van der Waals surface area contributed by atoms with Gasteiger partial charge in [0.15, 0.2) is 12.2 Å². The molecule has 0 fully saturated rings. The van der Waals surface area contributed by atoms with E-state index in [1.807, 2.05) is 24.3 Å². The van der Waals surface area contributed by atoms with E-state index in [0.29, 0.717) is 38.5 Å². The molecule has 0 aliphatic heterocycles. The highest BCUT2D eigenvalue weighted by molar-refractivity contribution is 7.47. The van der Waals surface area contributed by atoms with Crippen LogP contribution in [0.25, 0.3) is 0 Å². The first-order chi connectivity index (χ1) is 52.7. The van der Waals surface area contributed by atoms with Crippen LogP contribution in [0.5, 0.6) is 0 Å². The van der Waals surface area contributed by atoms with Crippen LogP contribution in [0.3, 0.4) is 0 Å². The summed E-state index contributed by atoms with van der Waals surface area (Å²) in [5.41, 5.74) is 0. The first-order valence-corrected chi connectivity index (χ1v) is 44.4. The highest BCUT2D eigenvalue weighted by atomic mass is 31.2. The van der Waals surface area contributed by atoms with Gasteiger partial charge in [0.1, 0.15) is 19.3 Å². The van der Waals surface area contributed by atoms with Crippen LogP contribution in [0, 0.1) is 0 Å². The lowest BCUT2D eigenvalue weighted by molar-refractivity contribution is -0.161. The minimum Gasteiger partial charge on any atom is -0.462 e. The lowest BCUT2D eigenvalue weighted by Gasteiger charge is -2.21. The van der Waals surface area contributed by atoms with E-state index in [1.165, 1.54) is 77.0 Å². The lowest BCUT2D eigenvalue weighted by Crippen LogP contribution is -2.30. The quantitative estimate of drug-likeness (QED) is 0.0169. The number of carbonyl (C=O) groups excluding carboxylic acids is 4. The van der Waals surface area contributed by atoms with Crippen molar-refractivity contribution in [2.75, 3.05) is 39.6 Å². The molecule has 0 aliphatic carbocycles. The monoisotopic (exact) mass is 1550 g/mol. The zero-order valence-corrected chi connectivity index (χ0v) is 69.0. The van der Waals surface area contributed by atoms with Gasteiger partial charge in [-0.1, -0.05) is 281 Å². The van der Waals surface area contributed by atoms with Crippen LogP contribution in [0.1, 0.15) is 310 Å². The van der Waals surface area contributed by atoms with Crippen molar-refractivity contribution in [1.82, 2.24) is 0 Å². The van der Waals surface area contributed by atoms with E-state index in [4.69, 9.17) is 37.0 Å². The van der Waals surface area contributed by atoms with E-state index in [1.54, 1.807) is 0 Å². The Bertz CT molecular complexity index is 2710. The third-order valence-corrected chi connectivity index (χ3v) is 18.5. The van der Waals surface area contributed by atoms with E-state index >= 15 is 0 Å². The average molecular weight is 1550 g/mol. The van der Waals surface area contributed by atoms with Gasteiger partial charge in [-0.25, -0.2) is 9.13 Å². The molecule has 0 amide bonds. The van der Waals surface area contributed by atoms with Gasteiger partial charge in [-0.05, 0) is 173 Å². The Morgan fingerprint density at radius 1 is 0.269 bits per heavy atom. The largest absolute Gasteiger partial charge is 0.472 e. The topological polar surface area (TPSA) is 237 Å². The zero-order chi connectivity index (χ0) is 78.9. The van der Waals surface area contributed by atoms with Crippen LogP contribution < -0.4 is 0 Å². The van der Waals surface area contributed by atoms with Crippen molar-refractivity contribution in [2.45, 2.75) is 329 Å². The van der Waals surface area contributed by atoms with Gasteiger partial charge in [0.05, 0.1) is 26.4 Å². The van der Waals surface area contributed by atoms with Gasteiger partial charge in [-0.15, -0.1) is 0 Å². The second-order valence-electron chi connectivity index (χ2n) is 27.0. The van der Waals surface area contributed by atoms with Gasteiger partial charge in [0.25, 0.3) is 0 Å². The summed E-state index contributed by atoms with van der Waals surface area (Å²) in [6, 6.07) is 0. The SMILES string of the molecule is CC/C=C\C/C=C\C/C=C\C/C=C\C/C=C\CCCCCC(=O)O[C@H](COC(=O)CCC/C=C\C/C=C\C/C=C\C/C=C\CCCCC)COP(=O)(O)OC[C@@H](O)COP(=O)(O)OC[C@@H](COC(=O)CCC/C=C\C/C=C\C/C=C\C/C=C\CCCCC)OC(=O)CCCCCCC/C=C\CCCCCCCC. The van der Waals surface area contributed by atoms with Crippen molar-refractivity contribution in [2.24, 2.45) is 0 Å².